The molecule has 1 N–H and O–H groups in total. The van der Waals surface area contributed by atoms with Gasteiger partial charge in [-0.1, -0.05) is 17.5 Å². The maximum Gasteiger partial charge on any atom is 0.148 e. The quantitative estimate of drug-likeness (QED) is 0.560. The van der Waals surface area contributed by atoms with Crippen molar-refractivity contribution in [1.29, 1.82) is 0 Å². The van der Waals surface area contributed by atoms with Crippen molar-refractivity contribution in [3.63, 3.8) is 0 Å². The number of terminal acetylenes is 1. The van der Waals surface area contributed by atoms with E-state index in [1.165, 1.54) is 0 Å². The van der Waals surface area contributed by atoms with E-state index >= 15 is 0 Å². The van der Waals surface area contributed by atoms with Crippen LogP contribution < -0.4 is 10.1 Å². The topological polar surface area (TPSA) is 30.5 Å². The van der Waals surface area contributed by atoms with E-state index in [1.807, 2.05) is 19.1 Å². The van der Waals surface area contributed by atoms with Crippen LogP contribution in [0.2, 0.25) is 5.02 Å². The van der Waals surface area contributed by atoms with Crippen molar-refractivity contribution in [2.75, 3.05) is 26.4 Å². The van der Waals surface area contributed by atoms with Crippen molar-refractivity contribution in [3.8, 4) is 18.1 Å². The fraction of sp³-hybridized carbons (Fsp3) is 0.467. The molecule has 0 radical (unpaired) electrons. The molecule has 0 aliphatic heterocycles. The molecule has 1 aromatic rings. The fourth-order valence-corrected chi connectivity index (χ4v) is 1.81. The summed E-state index contributed by atoms with van der Waals surface area (Å²) in [5.74, 6) is 3.23. The summed E-state index contributed by atoms with van der Waals surface area (Å²) >= 11 is 5.99. The van der Waals surface area contributed by atoms with Crippen LogP contribution >= 0.6 is 24.0 Å². The highest BCUT2D eigenvalue weighted by Crippen LogP contribution is 2.22. The van der Waals surface area contributed by atoms with Gasteiger partial charge >= 0.3 is 0 Å². The van der Waals surface area contributed by atoms with E-state index in [4.69, 9.17) is 27.5 Å². The van der Waals surface area contributed by atoms with Crippen LogP contribution in [-0.2, 0) is 11.3 Å². The molecule has 0 saturated heterocycles. The van der Waals surface area contributed by atoms with Crippen molar-refractivity contribution in [1.82, 2.24) is 5.32 Å². The second-order valence-corrected chi connectivity index (χ2v) is 4.41. The third-order valence-electron chi connectivity index (χ3n) is 2.50. The molecule has 0 aliphatic carbocycles. The Bertz CT molecular complexity index is 419. The summed E-state index contributed by atoms with van der Waals surface area (Å²) in [7, 11) is 0. The molecular formula is C15H21Cl2NO2. The first-order valence-corrected chi connectivity index (χ1v) is 6.79. The zero-order chi connectivity index (χ0) is 13.9. The van der Waals surface area contributed by atoms with Gasteiger partial charge in [-0.05, 0) is 38.1 Å². The Morgan fingerprint density at radius 2 is 2.20 bits per heavy atom. The maximum absolute atomic E-state index is 5.99. The first-order chi connectivity index (χ1) is 9.27. The molecule has 0 spiro atoms. The van der Waals surface area contributed by atoms with Crippen molar-refractivity contribution in [2.45, 2.75) is 19.9 Å². The van der Waals surface area contributed by atoms with Crippen molar-refractivity contribution in [2.24, 2.45) is 0 Å². The van der Waals surface area contributed by atoms with E-state index in [0.717, 1.165) is 37.5 Å². The van der Waals surface area contributed by atoms with Gasteiger partial charge < -0.3 is 14.8 Å². The Labute approximate surface area is 132 Å². The highest BCUT2D eigenvalue weighted by atomic mass is 35.5. The molecule has 0 bridgehead atoms. The van der Waals surface area contributed by atoms with Crippen LogP contribution in [0, 0.1) is 12.3 Å². The van der Waals surface area contributed by atoms with Crippen LogP contribution in [0.1, 0.15) is 18.9 Å². The SMILES string of the molecule is C#CCOc1ccc(Cl)cc1CNCCCOCC.Cl. The standard InChI is InChI=1S/C15H20ClNO2.ClH/c1-3-9-19-15-7-6-14(16)11-13(15)12-17-8-5-10-18-4-2;/h1,6-7,11,17H,4-5,8-10,12H2,2H3;1H. The molecule has 0 unspecified atom stereocenters. The van der Waals surface area contributed by atoms with E-state index in [9.17, 15) is 0 Å². The Hall–Kier alpha value is -0.920. The smallest absolute Gasteiger partial charge is 0.148 e. The Kier molecular flexibility index (Phi) is 11.3. The van der Waals surface area contributed by atoms with Crippen LogP contribution in [0.25, 0.3) is 0 Å². The van der Waals surface area contributed by atoms with Crippen LogP contribution in [0.5, 0.6) is 5.75 Å². The number of ether oxygens (including phenoxy) is 2. The minimum atomic E-state index is 0. The Morgan fingerprint density at radius 3 is 2.90 bits per heavy atom. The maximum atomic E-state index is 5.99. The lowest BCUT2D eigenvalue weighted by Crippen LogP contribution is -2.17. The zero-order valence-electron chi connectivity index (χ0n) is 11.7. The summed E-state index contributed by atoms with van der Waals surface area (Å²) in [6.45, 7) is 5.39. The van der Waals surface area contributed by atoms with E-state index in [1.54, 1.807) is 6.07 Å². The summed E-state index contributed by atoms with van der Waals surface area (Å²) in [4.78, 5) is 0. The number of benzene rings is 1. The van der Waals surface area contributed by atoms with Gasteiger partial charge in [-0.2, -0.15) is 0 Å². The molecule has 1 aromatic carbocycles. The lowest BCUT2D eigenvalue weighted by atomic mass is 10.2. The summed E-state index contributed by atoms with van der Waals surface area (Å²) in [5.41, 5.74) is 1.01. The van der Waals surface area contributed by atoms with Gasteiger partial charge in [0.1, 0.15) is 12.4 Å². The highest BCUT2D eigenvalue weighted by Gasteiger charge is 2.04. The average Bonchev–Trinajstić information content (AvgIpc) is 2.42. The number of rotatable bonds is 9. The van der Waals surface area contributed by atoms with Gasteiger partial charge in [0.2, 0.25) is 0 Å². The van der Waals surface area contributed by atoms with E-state index in [0.29, 0.717) is 11.6 Å². The van der Waals surface area contributed by atoms with E-state index in [-0.39, 0.29) is 19.0 Å². The molecular weight excluding hydrogens is 297 g/mol. The summed E-state index contributed by atoms with van der Waals surface area (Å²) in [6.07, 6.45) is 6.18. The highest BCUT2D eigenvalue weighted by molar-refractivity contribution is 6.30. The number of hydrogen-bond acceptors (Lipinski definition) is 3. The first kappa shape index (κ1) is 19.1. The van der Waals surface area contributed by atoms with E-state index < -0.39 is 0 Å². The number of hydrogen-bond donors (Lipinski definition) is 1. The molecule has 0 atom stereocenters. The van der Waals surface area contributed by atoms with Gasteiger partial charge in [0.05, 0.1) is 0 Å². The van der Waals surface area contributed by atoms with Crippen LogP contribution in [0.3, 0.4) is 0 Å². The minimum Gasteiger partial charge on any atom is -0.481 e. The molecule has 1 rings (SSSR count). The summed E-state index contributed by atoms with van der Waals surface area (Å²) in [5, 5.41) is 4.03. The molecule has 0 aromatic heterocycles. The van der Waals surface area contributed by atoms with Crippen molar-refractivity contribution >= 4 is 24.0 Å². The molecule has 0 fully saturated rings. The van der Waals surface area contributed by atoms with Gasteiger partial charge in [-0.3, -0.25) is 0 Å². The fourth-order valence-electron chi connectivity index (χ4n) is 1.61. The molecule has 0 amide bonds. The molecule has 112 valence electrons. The lowest BCUT2D eigenvalue weighted by molar-refractivity contribution is 0.144. The lowest BCUT2D eigenvalue weighted by Gasteiger charge is -2.11. The Balaban J connectivity index is 0.00000361. The molecule has 0 saturated carbocycles. The van der Waals surface area contributed by atoms with Crippen molar-refractivity contribution in [3.05, 3.63) is 28.8 Å². The average molecular weight is 318 g/mol. The second kappa shape index (κ2) is 11.9. The van der Waals surface area contributed by atoms with Crippen LogP contribution in [-0.4, -0.2) is 26.4 Å². The molecule has 20 heavy (non-hydrogen) atoms. The zero-order valence-corrected chi connectivity index (χ0v) is 13.2. The van der Waals surface area contributed by atoms with Gasteiger partial charge in [0.15, 0.2) is 0 Å². The largest absolute Gasteiger partial charge is 0.481 e. The molecule has 5 heteroatoms. The van der Waals surface area contributed by atoms with Crippen molar-refractivity contribution < 1.29 is 9.47 Å². The summed E-state index contributed by atoms with van der Waals surface area (Å²) < 4.78 is 10.8. The predicted octanol–water partition coefficient (Wildman–Crippen LogP) is 3.29. The van der Waals surface area contributed by atoms with Gasteiger partial charge in [0, 0.05) is 30.3 Å². The van der Waals surface area contributed by atoms with Crippen LogP contribution in [0.4, 0.5) is 0 Å². The second-order valence-electron chi connectivity index (χ2n) is 3.97. The normalized spacial score (nSPS) is 9.65. The first-order valence-electron chi connectivity index (χ1n) is 6.41. The van der Waals surface area contributed by atoms with Gasteiger partial charge in [0.25, 0.3) is 0 Å². The molecule has 3 nitrogen and oxygen atoms in total. The molecule has 0 heterocycles. The Morgan fingerprint density at radius 1 is 1.40 bits per heavy atom. The third kappa shape index (κ3) is 7.62. The number of nitrogens with one attached hydrogen (secondary N) is 1. The van der Waals surface area contributed by atoms with Gasteiger partial charge in [-0.15, -0.1) is 18.8 Å². The summed E-state index contributed by atoms with van der Waals surface area (Å²) in [6, 6.07) is 5.53. The van der Waals surface area contributed by atoms with Gasteiger partial charge in [-0.25, -0.2) is 0 Å². The molecule has 0 aliphatic rings. The number of halogens is 2. The van der Waals surface area contributed by atoms with Crippen LogP contribution in [0.15, 0.2) is 18.2 Å². The third-order valence-corrected chi connectivity index (χ3v) is 2.73. The predicted molar refractivity (Wildman–Crippen MR) is 85.8 cm³/mol. The van der Waals surface area contributed by atoms with E-state index in [2.05, 4.69) is 11.2 Å². The monoisotopic (exact) mass is 317 g/mol. The minimum absolute atomic E-state index is 0.